The molecule has 1 atom stereocenters. The molecule has 1 amide bonds. The van der Waals surface area contributed by atoms with Crippen LogP contribution in [0, 0.1) is 11.8 Å². The molecule has 2 aromatic heterocycles. The number of nitrogens with zero attached hydrogens (tertiary/aromatic N) is 3. The molecule has 7 nitrogen and oxygen atoms in total. The van der Waals surface area contributed by atoms with Crippen LogP contribution >= 0.6 is 0 Å². The number of benzene rings is 1. The minimum Gasteiger partial charge on any atom is -0.445 e. The first-order valence-electron chi connectivity index (χ1n) is 10.5. The average Bonchev–Trinajstić information content (AvgIpc) is 3.20. The third kappa shape index (κ3) is 4.79. The van der Waals surface area contributed by atoms with E-state index in [0.717, 1.165) is 36.9 Å². The molecule has 0 unspecified atom stereocenters. The van der Waals surface area contributed by atoms with Crippen molar-refractivity contribution in [1.82, 2.24) is 19.9 Å². The van der Waals surface area contributed by atoms with E-state index >= 15 is 0 Å². The standard InChI is InChI=1S/C23H28N4O3/c1-16-7-9-19(10-8-16)22(26-23(29)30-15-17-5-3-2-4-6-17)20-13-27-21(25-20)11-18(14-28)12-24-27/h2-6,11-13,16,19,22,28H,7-10,14-15H2,1H3,(H,26,29)/t16?,19?,22-/m0/s1. The second kappa shape index (κ2) is 9.26. The van der Waals surface area contributed by atoms with Crippen LogP contribution in [0.1, 0.15) is 55.5 Å². The lowest BCUT2D eigenvalue weighted by molar-refractivity contribution is 0.126. The Morgan fingerprint density at radius 3 is 2.73 bits per heavy atom. The van der Waals surface area contributed by atoms with Crippen molar-refractivity contribution < 1.29 is 14.6 Å². The van der Waals surface area contributed by atoms with Gasteiger partial charge in [-0.3, -0.25) is 0 Å². The number of imidazole rings is 1. The van der Waals surface area contributed by atoms with Crippen molar-refractivity contribution in [2.75, 3.05) is 0 Å². The molecule has 1 aliphatic rings. The number of nitrogens with one attached hydrogen (secondary N) is 1. The molecule has 7 heteroatoms. The molecule has 0 saturated heterocycles. The number of alkyl carbamates (subject to hydrolysis) is 1. The second-order valence-electron chi connectivity index (χ2n) is 8.19. The van der Waals surface area contributed by atoms with E-state index in [2.05, 4.69) is 17.3 Å². The molecule has 2 heterocycles. The molecule has 0 radical (unpaired) electrons. The van der Waals surface area contributed by atoms with Crippen LogP contribution in [-0.2, 0) is 18.0 Å². The summed E-state index contributed by atoms with van der Waals surface area (Å²) in [5, 5.41) is 16.7. The number of aliphatic hydroxyl groups is 1. The van der Waals surface area contributed by atoms with Gasteiger partial charge in [0.2, 0.25) is 0 Å². The number of carbonyl (C=O) groups is 1. The third-order valence-electron chi connectivity index (χ3n) is 5.91. The molecular formula is C23H28N4O3. The van der Waals surface area contributed by atoms with Crippen molar-refractivity contribution in [2.24, 2.45) is 11.8 Å². The molecule has 30 heavy (non-hydrogen) atoms. The van der Waals surface area contributed by atoms with Gasteiger partial charge in [0, 0.05) is 5.56 Å². The number of amides is 1. The molecule has 4 rings (SSSR count). The minimum atomic E-state index is -0.441. The molecule has 1 aromatic carbocycles. The van der Waals surface area contributed by atoms with E-state index in [4.69, 9.17) is 9.72 Å². The van der Waals surface area contributed by atoms with Crippen molar-refractivity contribution in [3.05, 3.63) is 65.6 Å². The van der Waals surface area contributed by atoms with Gasteiger partial charge < -0.3 is 15.2 Å². The van der Waals surface area contributed by atoms with Gasteiger partial charge >= 0.3 is 6.09 Å². The first kappa shape index (κ1) is 20.3. The fourth-order valence-corrected chi connectivity index (χ4v) is 4.11. The Kier molecular flexibility index (Phi) is 6.28. The maximum Gasteiger partial charge on any atom is 0.408 e. The van der Waals surface area contributed by atoms with Crippen LogP contribution in [0.4, 0.5) is 4.79 Å². The Hall–Kier alpha value is -2.93. The van der Waals surface area contributed by atoms with E-state index in [9.17, 15) is 9.90 Å². The lowest BCUT2D eigenvalue weighted by Gasteiger charge is -2.32. The van der Waals surface area contributed by atoms with E-state index in [1.54, 1.807) is 10.7 Å². The van der Waals surface area contributed by atoms with E-state index in [1.165, 1.54) is 0 Å². The quantitative estimate of drug-likeness (QED) is 0.643. The van der Waals surface area contributed by atoms with Gasteiger partial charge in [0.05, 0.1) is 30.7 Å². The first-order valence-corrected chi connectivity index (χ1v) is 10.5. The van der Waals surface area contributed by atoms with Crippen LogP contribution in [-0.4, -0.2) is 25.8 Å². The lowest BCUT2D eigenvalue weighted by atomic mass is 9.78. The summed E-state index contributed by atoms with van der Waals surface area (Å²) in [5.74, 6) is 1.01. The van der Waals surface area contributed by atoms with Gasteiger partial charge in [0.25, 0.3) is 0 Å². The molecule has 3 aromatic rings. The number of fused-ring (bicyclic) bond motifs is 1. The summed E-state index contributed by atoms with van der Waals surface area (Å²) in [4.78, 5) is 17.3. The lowest BCUT2D eigenvalue weighted by Crippen LogP contribution is -2.35. The molecule has 0 aliphatic heterocycles. The molecule has 1 saturated carbocycles. The SMILES string of the molecule is CC1CCC([C@H](NC(=O)OCc2ccccc2)c2cn3ncc(CO)cc3n2)CC1. The normalized spacial score (nSPS) is 20.1. The number of aromatic nitrogens is 3. The van der Waals surface area contributed by atoms with Gasteiger partial charge in [0.15, 0.2) is 5.65 Å². The second-order valence-corrected chi connectivity index (χ2v) is 8.19. The predicted octanol–water partition coefficient (Wildman–Crippen LogP) is 4.02. The summed E-state index contributed by atoms with van der Waals surface area (Å²) in [5.41, 5.74) is 3.08. The smallest absolute Gasteiger partial charge is 0.408 e. The van der Waals surface area contributed by atoms with Crippen LogP contribution in [0.2, 0.25) is 0 Å². The highest BCUT2D eigenvalue weighted by Crippen LogP contribution is 2.36. The number of hydrogen-bond acceptors (Lipinski definition) is 5. The highest BCUT2D eigenvalue weighted by Gasteiger charge is 2.31. The van der Waals surface area contributed by atoms with Crippen molar-refractivity contribution in [2.45, 2.75) is 51.9 Å². The van der Waals surface area contributed by atoms with Gasteiger partial charge in [-0.15, -0.1) is 0 Å². The summed E-state index contributed by atoms with van der Waals surface area (Å²) in [6.45, 7) is 2.42. The summed E-state index contributed by atoms with van der Waals surface area (Å²) in [6, 6.07) is 11.2. The Morgan fingerprint density at radius 1 is 1.23 bits per heavy atom. The molecule has 158 valence electrons. The van der Waals surface area contributed by atoms with Crippen molar-refractivity contribution in [3.63, 3.8) is 0 Å². The number of rotatable bonds is 6. The maximum absolute atomic E-state index is 12.6. The van der Waals surface area contributed by atoms with Gasteiger partial charge in [0.1, 0.15) is 6.61 Å². The van der Waals surface area contributed by atoms with E-state index in [0.29, 0.717) is 23.0 Å². The molecule has 1 fully saturated rings. The van der Waals surface area contributed by atoms with Gasteiger partial charge in [-0.25, -0.2) is 14.3 Å². The van der Waals surface area contributed by atoms with Gasteiger partial charge in [-0.1, -0.05) is 50.1 Å². The monoisotopic (exact) mass is 408 g/mol. The fourth-order valence-electron chi connectivity index (χ4n) is 4.11. The zero-order valence-electron chi connectivity index (χ0n) is 17.2. The van der Waals surface area contributed by atoms with Gasteiger partial charge in [-0.2, -0.15) is 5.10 Å². The van der Waals surface area contributed by atoms with E-state index in [1.807, 2.05) is 42.6 Å². The highest BCUT2D eigenvalue weighted by molar-refractivity contribution is 5.68. The van der Waals surface area contributed by atoms with E-state index < -0.39 is 6.09 Å². The highest BCUT2D eigenvalue weighted by atomic mass is 16.5. The first-order chi connectivity index (χ1) is 14.6. The molecule has 0 bridgehead atoms. The largest absolute Gasteiger partial charge is 0.445 e. The Balaban J connectivity index is 1.52. The Bertz CT molecular complexity index is 981. The van der Waals surface area contributed by atoms with E-state index in [-0.39, 0.29) is 19.3 Å². The zero-order valence-corrected chi connectivity index (χ0v) is 17.2. The zero-order chi connectivity index (χ0) is 20.9. The fraction of sp³-hybridized carbons (Fsp3) is 0.435. The third-order valence-corrected chi connectivity index (χ3v) is 5.91. The van der Waals surface area contributed by atoms with Crippen LogP contribution < -0.4 is 5.32 Å². The molecular weight excluding hydrogens is 380 g/mol. The van der Waals surface area contributed by atoms with Crippen molar-refractivity contribution >= 4 is 11.7 Å². The van der Waals surface area contributed by atoms with Crippen molar-refractivity contribution in [1.29, 1.82) is 0 Å². The van der Waals surface area contributed by atoms with Crippen molar-refractivity contribution in [3.8, 4) is 0 Å². The van der Waals surface area contributed by atoms with Crippen LogP contribution in [0.5, 0.6) is 0 Å². The predicted molar refractivity (Wildman–Crippen MR) is 113 cm³/mol. The summed E-state index contributed by atoms with van der Waals surface area (Å²) >= 11 is 0. The number of carbonyl (C=O) groups excluding carboxylic acids is 1. The molecule has 1 aliphatic carbocycles. The minimum absolute atomic E-state index is 0.0836. The topological polar surface area (TPSA) is 88.8 Å². The van der Waals surface area contributed by atoms with Gasteiger partial charge in [-0.05, 0) is 36.3 Å². The van der Waals surface area contributed by atoms with Crippen LogP contribution in [0.25, 0.3) is 5.65 Å². The molecule has 2 N–H and O–H groups in total. The van der Waals surface area contributed by atoms with Crippen LogP contribution in [0.3, 0.4) is 0 Å². The number of hydrogen-bond donors (Lipinski definition) is 2. The average molecular weight is 409 g/mol. The number of ether oxygens (including phenoxy) is 1. The Labute approximate surface area is 176 Å². The summed E-state index contributed by atoms with van der Waals surface area (Å²) < 4.78 is 7.15. The summed E-state index contributed by atoms with van der Waals surface area (Å²) in [7, 11) is 0. The molecule has 0 spiro atoms. The Morgan fingerprint density at radius 2 is 2.00 bits per heavy atom. The maximum atomic E-state index is 12.6. The van der Waals surface area contributed by atoms with Crippen LogP contribution in [0.15, 0.2) is 48.8 Å². The number of aliphatic hydroxyl groups excluding tert-OH is 1. The summed E-state index contributed by atoms with van der Waals surface area (Å²) in [6.07, 6.45) is 7.39.